The second-order valence-electron chi connectivity index (χ2n) is 6.42. The van der Waals surface area contributed by atoms with Gasteiger partial charge in [0.25, 0.3) is 0 Å². The van der Waals surface area contributed by atoms with Crippen molar-refractivity contribution in [2.24, 2.45) is 0 Å². The van der Waals surface area contributed by atoms with E-state index in [1.54, 1.807) is 6.07 Å². The van der Waals surface area contributed by atoms with Crippen molar-refractivity contribution in [1.29, 1.82) is 0 Å². The second kappa shape index (κ2) is 5.42. The Morgan fingerprint density at radius 2 is 1.86 bits per heavy atom. The number of fused-ring (bicyclic) bond motifs is 2. The van der Waals surface area contributed by atoms with Crippen molar-refractivity contribution in [2.45, 2.75) is 56.2 Å². The first kappa shape index (κ1) is 15.6. The Labute approximate surface area is 127 Å². The molecule has 1 N–H and O–H groups in total. The Morgan fingerprint density at radius 3 is 2.45 bits per heavy atom. The monoisotopic (exact) mass is 315 g/mol. The molecule has 2 aliphatic heterocycles. The van der Waals surface area contributed by atoms with Gasteiger partial charge in [0.2, 0.25) is 0 Å². The zero-order valence-electron chi connectivity index (χ0n) is 12.4. The molecule has 6 heteroatoms. The van der Waals surface area contributed by atoms with Gasteiger partial charge in [0.15, 0.2) is 0 Å². The van der Waals surface area contributed by atoms with E-state index in [4.69, 9.17) is 0 Å². The molecule has 2 fully saturated rings. The van der Waals surface area contributed by atoms with Crippen molar-refractivity contribution in [2.75, 3.05) is 7.05 Å². The molecule has 1 aromatic carbocycles. The topological polar surface area (TPSA) is 32.7 Å². The lowest BCUT2D eigenvalue weighted by atomic mass is 9.73. The van der Waals surface area contributed by atoms with Crippen LogP contribution in [-0.2, 0) is 5.60 Å². The van der Waals surface area contributed by atoms with E-state index in [1.165, 1.54) is 18.2 Å². The quantitative estimate of drug-likeness (QED) is 0.908. The third-order valence-electron chi connectivity index (χ3n) is 4.98. The van der Waals surface area contributed by atoms with Crippen LogP contribution in [0.1, 0.15) is 37.7 Å². The van der Waals surface area contributed by atoms with Crippen molar-refractivity contribution in [3.63, 3.8) is 0 Å². The molecule has 0 aromatic heterocycles. The number of nitrogens with zero attached hydrogens (tertiary/aromatic N) is 1. The molecule has 2 heterocycles. The van der Waals surface area contributed by atoms with Crippen LogP contribution in [0.15, 0.2) is 24.3 Å². The van der Waals surface area contributed by atoms with Gasteiger partial charge in [0.1, 0.15) is 5.75 Å². The summed E-state index contributed by atoms with van der Waals surface area (Å²) in [6, 6.07) is 6.33. The average molecular weight is 315 g/mol. The average Bonchev–Trinajstić information content (AvgIpc) is 2.39. The summed E-state index contributed by atoms with van der Waals surface area (Å²) in [6.45, 7) is 0. The van der Waals surface area contributed by atoms with Crippen LogP contribution in [0, 0.1) is 0 Å². The molecular weight excluding hydrogens is 295 g/mol. The standard InChI is InChI=1S/C16H20F3NO2/c1-20-12-5-3-6-13(20)10-15(21,9-12)11-4-2-7-14(8-11)22-16(17,18)19/h2,4,7-8,12-13,21H,3,5-6,9-10H2,1H3. The van der Waals surface area contributed by atoms with Crippen molar-refractivity contribution in [3.05, 3.63) is 29.8 Å². The van der Waals surface area contributed by atoms with Gasteiger partial charge in [-0.05, 0) is 50.4 Å². The van der Waals surface area contributed by atoms with Crippen LogP contribution in [-0.4, -0.2) is 35.5 Å². The molecule has 122 valence electrons. The van der Waals surface area contributed by atoms with Crippen LogP contribution in [0.5, 0.6) is 5.75 Å². The van der Waals surface area contributed by atoms with E-state index in [1.807, 2.05) is 0 Å². The highest BCUT2D eigenvalue weighted by molar-refractivity contribution is 5.33. The lowest BCUT2D eigenvalue weighted by molar-refractivity contribution is -0.274. The summed E-state index contributed by atoms with van der Waals surface area (Å²) < 4.78 is 41.0. The lowest BCUT2D eigenvalue weighted by Gasteiger charge is -2.50. The molecule has 2 aliphatic rings. The van der Waals surface area contributed by atoms with Gasteiger partial charge in [-0.25, -0.2) is 0 Å². The van der Waals surface area contributed by atoms with Crippen LogP contribution in [0.2, 0.25) is 0 Å². The molecule has 0 radical (unpaired) electrons. The SMILES string of the molecule is CN1C2CCCC1CC(O)(c1cccc(OC(F)(F)F)c1)C2. The summed E-state index contributed by atoms with van der Waals surface area (Å²) in [5.74, 6) is -0.275. The first-order valence-corrected chi connectivity index (χ1v) is 7.57. The maximum absolute atomic E-state index is 12.4. The summed E-state index contributed by atoms with van der Waals surface area (Å²) >= 11 is 0. The van der Waals surface area contributed by atoms with Crippen LogP contribution in [0.3, 0.4) is 0 Å². The number of hydrogen-bond acceptors (Lipinski definition) is 3. The predicted molar refractivity (Wildman–Crippen MR) is 75.4 cm³/mol. The molecule has 0 amide bonds. The van der Waals surface area contributed by atoms with Gasteiger partial charge < -0.3 is 14.7 Å². The highest BCUT2D eigenvalue weighted by Gasteiger charge is 2.45. The zero-order valence-corrected chi connectivity index (χ0v) is 12.4. The molecule has 2 bridgehead atoms. The molecular formula is C16H20F3NO2. The lowest BCUT2D eigenvalue weighted by Crippen LogP contribution is -2.55. The third kappa shape index (κ3) is 3.08. The van der Waals surface area contributed by atoms with E-state index in [-0.39, 0.29) is 17.8 Å². The van der Waals surface area contributed by atoms with E-state index in [0.29, 0.717) is 18.4 Å². The molecule has 3 nitrogen and oxygen atoms in total. The fourth-order valence-corrected chi connectivity index (χ4v) is 3.87. The summed E-state index contributed by atoms with van der Waals surface area (Å²) in [7, 11) is 2.07. The summed E-state index contributed by atoms with van der Waals surface area (Å²) in [5, 5.41) is 11.0. The molecule has 2 saturated heterocycles. The number of benzene rings is 1. The maximum Gasteiger partial charge on any atom is 0.573 e. The van der Waals surface area contributed by atoms with E-state index in [2.05, 4.69) is 16.7 Å². The highest BCUT2D eigenvalue weighted by atomic mass is 19.4. The molecule has 0 aliphatic carbocycles. The first-order valence-electron chi connectivity index (χ1n) is 7.57. The smallest absolute Gasteiger partial charge is 0.406 e. The van der Waals surface area contributed by atoms with Gasteiger partial charge in [-0.15, -0.1) is 13.2 Å². The van der Waals surface area contributed by atoms with Crippen LogP contribution in [0.25, 0.3) is 0 Å². The molecule has 22 heavy (non-hydrogen) atoms. The third-order valence-corrected chi connectivity index (χ3v) is 4.98. The van der Waals surface area contributed by atoms with Crippen LogP contribution < -0.4 is 4.74 Å². The number of hydrogen-bond donors (Lipinski definition) is 1. The van der Waals surface area contributed by atoms with E-state index in [0.717, 1.165) is 19.3 Å². The minimum atomic E-state index is -4.72. The maximum atomic E-state index is 12.4. The first-order chi connectivity index (χ1) is 10.3. The van der Waals surface area contributed by atoms with E-state index in [9.17, 15) is 18.3 Å². The molecule has 3 rings (SSSR count). The minimum absolute atomic E-state index is 0.275. The molecule has 0 spiro atoms. The number of rotatable bonds is 2. The Bertz CT molecular complexity index is 532. The largest absolute Gasteiger partial charge is 0.573 e. The summed E-state index contributed by atoms with van der Waals surface area (Å²) in [6.07, 6.45) is -0.426. The Balaban J connectivity index is 1.85. The molecule has 0 saturated carbocycles. The summed E-state index contributed by atoms with van der Waals surface area (Å²) in [5.41, 5.74) is -0.563. The number of piperidine rings is 2. The van der Waals surface area contributed by atoms with Crippen molar-refractivity contribution >= 4 is 0 Å². The van der Waals surface area contributed by atoms with E-state index >= 15 is 0 Å². The number of ether oxygens (including phenoxy) is 1. The number of aliphatic hydroxyl groups is 1. The minimum Gasteiger partial charge on any atom is -0.406 e. The normalized spacial score (nSPS) is 32.8. The van der Waals surface area contributed by atoms with E-state index < -0.39 is 12.0 Å². The highest BCUT2D eigenvalue weighted by Crippen LogP contribution is 2.44. The Morgan fingerprint density at radius 1 is 1.23 bits per heavy atom. The molecule has 2 unspecified atom stereocenters. The zero-order chi connectivity index (χ0) is 16.0. The molecule has 1 aromatic rings. The molecule has 2 atom stereocenters. The predicted octanol–water partition coefficient (Wildman–Crippen LogP) is 3.42. The van der Waals surface area contributed by atoms with Crippen molar-refractivity contribution < 1.29 is 23.0 Å². The number of alkyl halides is 3. The fraction of sp³-hybridized carbons (Fsp3) is 0.625. The fourth-order valence-electron chi connectivity index (χ4n) is 3.87. The van der Waals surface area contributed by atoms with Gasteiger partial charge in [-0.1, -0.05) is 18.6 Å². The van der Waals surface area contributed by atoms with Gasteiger partial charge in [0, 0.05) is 12.1 Å². The Kier molecular flexibility index (Phi) is 3.85. The van der Waals surface area contributed by atoms with Gasteiger partial charge >= 0.3 is 6.36 Å². The van der Waals surface area contributed by atoms with Crippen LogP contribution >= 0.6 is 0 Å². The second-order valence-corrected chi connectivity index (χ2v) is 6.42. The number of halogens is 3. The van der Waals surface area contributed by atoms with Crippen LogP contribution in [0.4, 0.5) is 13.2 Å². The van der Waals surface area contributed by atoms with Gasteiger partial charge in [0.05, 0.1) is 5.60 Å². The Hall–Kier alpha value is -1.27. The van der Waals surface area contributed by atoms with Gasteiger partial charge in [-0.2, -0.15) is 0 Å². The van der Waals surface area contributed by atoms with Gasteiger partial charge in [-0.3, -0.25) is 0 Å². The summed E-state index contributed by atoms with van der Waals surface area (Å²) in [4.78, 5) is 2.30. The van der Waals surface area contributed by atoms with Crippen molar-refractivity contribution in [1.82, 2.24) is 4.90 Å². The van der Waals surface area contributed by atoms with Crippen molar-refractivity contribution in [3.8, 4) is 5.75 Å².